The number of nitrogens with zero attached hydrogens (tertiary/aromatic N) is 2. The molecule has 1 aromatic carbocycles. The molecule has 0 atom stereocenters. The number of para-hydroxylation sites is 1. The van der Waals surface area contributed by atoms with Gasteiger partial charge >= 0.3 is 0 Å². The van der Waals surface area contributed by atoms with Crippen molar-refractivity contribution in [3.8, 4) is 0 Å². The molecule has 2 heterocycles. The van der Waals surface area contributed by atoms with Gasteiger partial charge in [-0.1, -0.05) is 29.3 Å². The molecule has 0 spiro atoms. The Balaban J connectivity index is 2.08. The van der Waals surface area contributed by atoms with Gasteiger partial charge in [0.1, 0.15) is 17.3 Å². The molecule has 0 amide bonds. The topological polar surface area (TPSA) is 29.3 Å². The SMILES string of the molecule is Fc1ccc2ncc(Nc3c(Cl)cccc3Cl)n2c1. The molecule has 0 bridgehead atoms. The summed E-state index contributed by atoms with van der Waals surface area (Å²) in [6.45, 7) is 0. The smallest absolute Gasteiger partial charge is 0.140 e. The number of fused-ring (bicyclic) bond motifs is 1. The maximum Gasteiger partial charge on any atom is 0.140 e. The van der Waals surface area contributed by atoms with E-state index in [2.05, 4.69) is 10.3 Å². The van der Waals surface area contributed by atoms with Crippen LogP contribution in [0.2, 0.25) is 10.0 Å². The Hall–Kier alpha value is -1.78. The Morgan fingerprint density at radius 2 is 1.84 bits per heavy atom. The predicted molar refractivity (Wildman–Crippen MR) is 74.9 cm³/mol. The van der Waals surface area contributed by atoms with Crippen molar-refractivity contribution in [2.75, 3.05) is 5.32 Å². The van der Waals surface area contributed by atoms with Gasteiger partial charge in [-0.15, -0.1) is 0 Å². The third-order valence-electron chi connectivity index (χ3n) is 2.69. The van der Waals surface area contributed by atoms with Gasteiger partial charge in [0, 0.05) is 6.20 Å². The van der Waals surface area contributed by atoms with Crippen LogP contribution < -0.4 is 5.32 Å². The minimum atomic E-state index is -0.348. The molecule has 3 aromatic rings. The molecule has 6 heteroatoms. The molecule has 19 heavy (non-hydrogen) atoms. The number of halogens is 3. The Labute approximate surface area is 118 Å². The number of benzene rings is 1. The van der Waals surface area contributed by atoms with Gasteiger partial charge in [-0.3, -0.25) is 4.40 Å². The Bertz CT molecular complexity index is 734. The average molecular weight is 296 g/mol. The number of rotatable bonds is 2. The number of anilines is 2. The van der Waals surface area contributed by atoms with Gasteiger partial charge < -0.3 is 5.32 Å². The van der Waals surface area contributed by atoms with E-state index in [1.54, 1.807) is 34.9 Å². The number of aromatic nitrogens is 2. The van der Waals surface area contributed by atoms with Gasteiger partial charge in [0.25, 0.3) is 0 Å². The lowest BCUT2D eigenvalue weighted by Crippen LogP contribution is -1.97. The molecule has 2 aromatic heterocycles. The second-order valence-corrected chi connectivity index (χ2v) is 4.76. The van der Waals surface area contributed by atoms with E-state index in [1.165, 1.54) is 12.3 Å². The summed E-state index contributed by atoms with van der Waals surface area (Å²) >= 11 is 12.2. The van der Waals surface area contributed by atoms with E-state index in [-0.39, 0.29) is 5.82 Å². The maximum atomic E-state index is 13.3. The summed E-state index contributed by atoms with van der Waals surface area (Å²) < 4.78 is 14.9. The van der Waals surface area contributed by atoms with Crippen LogP contribution in [0.1, 0.15) is 0 Å². The van der Waals surface area contributed by atoms with Gasteiger partial charge in [-0.25, -0.2) is 9.37 Å². The summed E-state index contributed by atoms with van der Waals surface area (Å²) in [4.78, 5) is 4.16. The van der Waals surface area contributed by atoms with Crippen LogP contribution >= 0.6 is 23.2 Å². The average Bonchev–Trinajstić information content (AvgIpc) is 2.76. The molecule has 0 saturated heterocycles. The lowest BCUT2D eigenvalue weighted by Gasteiger charge is -2.09. The molecule has 0 aliphatic rings. The van der Waals surface area contributed by atoms with Crippen molar-refractivity contribution in [1.82, 2.24) is 9.38 Å². The second-order valence-electron chi connectivity index (χ2n) is 3.94. The summed E-state index contributed by atoms with van der Waals surface area (Å²) in [5.41, 5.74) is 1.20. The first-order valence-corrected chi connectivity index (χ1v) is 6.24. The predicted octanol–water partition coefficient (Wildman–Crippen LogP) is 4.52. The van der Waals surface area contributed by atoms with Crippen molar-refractivity contribution in [2.24, 2.45) is 0 Å². The number of nitrogens with one attached hydrogen (secondary N) is 1. The molecule has 0 aliphatic heterocycles. The van der Waals surface area contributed by atoms with Crippen LogP contribution in [-0.2, 0) is 0 Å². The van der Waals surface area contributed by atoms with Gasteiger partial charge in [0.05, 0.1) is 21.9 Å². The first-order valence-electron chi connectivity index (χ1n) is 5.49. The summed E-state index contributed by atoms with van der Waals surface area (Å²) in [6, 6.07) is 8.15. The van der Waals surface area contributed by atoms with Crippen molar-refractivity contribution in [1.29, 1.82) is 0 Å². The largest absolute Gasteiger partial charge is 0.338 e. The summed E-state index contributed by atoms with van der Waals surface area (Å²) in [5, 5.41) is 4.03. The Morgan fingerprint density at radius 3 is 2.58 bits per heavy atom. The van der Waals surface area contributed by atoms with Crippen molar-refractivity contribution < 1.29 is 4.39 Å². The molecule has 3 nitrogen and oxygen atoms in total. The van der Waals surface area contributed by atoms with Gasteiger partial charge in [-0.05, 0) is 24.3 Å². The number of imidazole rings is 1. The van der Waals surface area contributed by atoms with Crippen molar-refractivity contribution >= 4 is 40.4 Å². The van der Waals surface area contributed by atoms with E-state index in [1.807, 2.05) is 0 Å². The fraction of sp³-hybridized carbons (Fsp3) is 0. The fourth-order valence-electron chi connectivity index (χ4n) is 1.79. The highest BCUT2D eigenvalue weighted by molar-refractivity contribution is 6.39. The molecule has 0 saturated carbocycles. The molecule has 0 fully saturated rings. The van der Waals surface area contributed by atoms with Crippen LogP contribution in [0.25, 0.3) is 5.65 Å². The highest BCUT2D eigenvalue weighted by Gasteiger charge is 2.09. The first kappa shape index (κ1) is 12.3. The van der Waals surface area contributed by atoms with Crippen LogP contribution in [0.15, 0.2) is 42.7 Å². The van der Waals surface area contributed by atoms with Crippen molar-refractivity contribution in [2.45, 2.75) is 0 Å². The second kappa shape index (κ2) is 4.72. The monoisotopic (exact) mass is 295 g/mol. The molecule has 1 N–H and O–H groups in total. The minimum Gasteiger partial charge on any atom is -0.338 e. The first-order chi connectivity index (χ1) is 9.15. The van der Waals surface area contributed by atoms with Crippen LogP contribution in [0.4, 0.5) is 15.9 Å². The quantitative estimate of drug-likeness (QED) is 0.753. The lowest BCUT2D eigenvalue weighted by molar-refractivity contribution is 0.619. The normalized spacial score (nSPS) is 10.9. The van der Waals surface area contributed by atoms with Crippen molar-refractivity contribution in [3.63, 3.8) is 0 Å². The van der Waals surface area contributed by atoms with Gasteiger partial charge in [0.2, 0.25) is 0 Å². The number of pyridine rings is 1. The van der Waals surface area contributed by atoms with E-state index >= 15 is 0 Å². The molecule has 3 rings (SSSR count). The lowest BCUT2D eigenvalue weighted by atomic mass is 10.3. The van der Waals surface area contributed by atoms with E-state index in [9.17, 15) is 4.39 Å². The Kier molecular flexibility index (Phi) is 3.05. The summed E-state index contributed by atoms with van der Waals surface area (Å²) in [5.74, 6) is 0.239. The van der Waals surface area contributed by atoms with E-state index in [4.69, 9.17) is 23.2 Å². The maximum absolute atomic E-state index is 13.3. The minimum absolute atomic E-state index is 0.348. The van der Waals surface area contributed by atoms with E-state index < -0.39 is 0 Å². The Morgan fingerprint density at radius 1 is 1.11 bits per heavy atom. The molecule has 96 valence electrons. The van der Waals surface area contributed by atoms with E-state index in [0.29, 0.717) is 27.2 Å². The highest BCUT2D eigenvalue weighted by atomic mass is 35.5. The fourth-order valence-corrected chi connectivity index (χ4v) is 2.28. The third-order valence-corrected chi connectivity index (χ3v) is 3.32. The molecule has 0 unspecified atom stereocenters. The van der Waals surface area contributed by atoms with Gasteiger partial charge in [0.15, 0.2) is 0 Å². The summed E-state index contributed by atoms with van der Waals surface area (Å²) in [7, 11) is 0. The zero-order chi connectivity index (χ0) is 13.4. The van der Waals surface area contributed by atoms with Crippen LogP contribution in [0.3, 0.4) is 0 Å². The standard InChI is InChI=1S/C13H8Cl2FN3/c14-9-2-1-3-10(15)13(9)18-12-6-17-11-5-4-8(16)7-19(11)12/h1-7,18H. The number of hydrogen-bond acceptors (Lipinski definition) is 2. The van der Waals surface area contributed by atoms with Crippen LogP contribution in [0, 0.1) is 5.82 Å². The van der Waals surface area contributed by atoms with Gasteiger partial charge in [-0.2, -0.15) is 0 Å². The number of hydrogen-bond donors (Lipinski definition) is 1. The molecular weight excluding hydrogens is 288 g/mol. The zero-order valence-corrected chi connectivity index (χ0v) is 11.1. The zero-order valence-electron chi connectivity index (χ0n) is 9.57. The molecule has 0 aliphatic carbocycles. The molecular formula is C13H8Cl2FN3. The summed E-state index contributed by atoms with van der Waals surface area (Å²) in [6.07, 6.45) is 2.93. The van der Waals surface area contributed by atoms with Crippen LogP contribution in [0.5, 0.6) is 0 Å². The van der Waals surface area contributed by atoms with E-state index in [0.717, 1.165) is 0 Å². The third kappa shape index (κ3) is 2.25. The molecule has 0 radical (unpaired) electrons. The highest BCUT2D eigenvalue weighted by Crippen LogP contribution is 2.32. The van der Waals surface area contributed by atoms with Crippen molar-refractivity contribution in [3.05, 3.63) is 58.6 Å². The van der Waals surface area contributed by atoms with Crippen LogP contribution in [-0.4, -0.2) is 9.38 Å².